The quantitative estimate of drug-likeness (QED) is 0.435. The standard InChI is InChI=1S/C12H12IN3OS2/c1-16(2)11-14-15-12(19-11)18-7-10(17)8-3-5-9(13)6-4-8/h3-6H,7H2,1-2H3. The summed E-state index contributed by atoms with van der Waals surface area (Å²) in [6.07, 6.45) is 0. The van der Waals surface area contributed by atoms with E-state index in [1.807, 2.05) is 43.3 Å². The lowest BCUT2D eigenvalue weighted by Crippen LogP contribution is -2.07. The Balaban J connectivity index is 1.94. The molecule has 0 aliphatic heterocycles. The molecular formula is C12H12IN3OS2. The maximum Gasteiger partial charge on any atom is 0.208 e. The van der Waals surface area contributed by atoms with Gasteiger partial charge in [0, 0.05) is 23.2 Å². The number of rotatable bonds is 5. The van der Waals surface area contributed by atoms with Crippen molar-refractivity contribution in [3.05, 3.63) is 33.4 Å². The SMILES string of the molecule is CN(C)c1nnc(SCC(=O)c2ccc(I)cc2)s1. The molecular weight excluding hydrogens is 393 g/mol. The van der Waals surface area contributed by atoms with Crippen LogP contribution in [0.25, 0.3) is 0 Å². The summed E-state index contributed by atoms with van der Waals surface area (Å²) in [5.74, 6) is 0.505. The fraction of sp³-hybridized carbons (Fsp3) is 0.250. The Bertz CT molecular complexity index is 569. The van der Waals surface area contributed by atoms with Crippen LogP contribution in [-0.2, 0) is 0 Å². The predicted octanol–water partition coefficient (Wildman–Crippen LogP) is 3.18. The summed E-state index contributed by atoms with van der Waals surface area (Å²) in [5, 5.41) is 8.94. The first-order valence-electron chi connectivity index (χ1n) is 5.48. The molecule has 1 aromatic carbocycles. The molecule has 19 heavy (non-hydrogen) atoms. The van der Waals surface area contributed by atoms with Gasteiger partial charge >= 0.3 is 0 Å². The van der Waals surface area contributed by atoms with Crippen molar-refractivity contribution in [1.29, 1.82) is 0 Å². The molecule has 1 heterocycles. The highest BCUT2D eigenvalue weighted by Gasteiger charge is 2.10. The molecule has 0 atom stereocenters. The van der Waals surface area contributed by atoms with Crippen LogP contribution >= 0.6 is 45.7 Å². The Morgan fingerprint density at radius 2 is 2.00 bits per heavy atom. The predicted molar refractivity (Wildman–Crippen MR) is 88.4 cm³/mol. The number of carbonyl (C=O) groups is 1. The largest absolute Gasteiger partial charge is 0.353 e. The molecule has 0 radical (unpaired) electrons. The highest BCUT2D eigenvalue weighted by Crippen LogP contribution is 2.27. The minimum Gasteiger partial charge on any atom is -0.353 e. The van der Waals surface area contributed by atoms with Crippen molar-refractivity contribution < 1.29 is 4.79 Å². The van der Waals surface area contributed by atoms with E-state index in [4.69, 9.17) is 0 Å². The zero-order chi connectivity index (χ0) is 13.8. The Morgan fingerprint density at radius 1 is 1.32 bits per heavy atom. The molecule has 0 saturated carbocycles. The molecule has 0 aliphatic carbocycles. The summed E-state index contributed by atoms with van der Waals surface area (Å²) in [5.41, 5.74) is 0.741. The van der Waals surface area contributed by atoms with Crippen molar-refractivity contribution in [3.8, 4) is 0 Å². The molecule has 7 heteroatoms. The number of hydrogen-bond donors (Lipinski definition) is 0. The lowest BCUT2D eigenvalue weighted by Gasteiger charge is -2.03. The van der Waals surface area contributed by atoms with Gasteiger partial charge in [0.1, 0.15) is 0 Å². The molecule has 0 saturated heterocycles. The summed E-state index contributed by atoms with van der Waals surface area (Å²) in [6, 6.07) is 7.59. The second-order valence-electron chi connectivity index (χ2n) is 3.96. The van der Waals surface area contributed by atoms with Crippen LogP contribution in [0.5, 0.6) is 0 Å². The van der Waals surface area contributed by atoms with E-state index in [1.165, 1.54) is 23.1 Å². The van der Waals surface area contributed by atoms with Crippen LogP contribution in [0.1, 0.15) is 10.4 Å². The minimum atomic E-state index is 0.114. The van der Waals surface area contributed by atoms with Crippen LogP contribution in [0.4, 0.5) is 5.13 Å². The van der Waals surface area contributed by atoms with Crippen molar-refractivity contribution in [1.82, 2.24) is 10.2 Å². The topological polar surface area (TPSA) is 46.1 Å². The number of hydrogen-bond acceptors (Lipinski definition) is 6. The lowest BCUT2D eigenvalue weighted by atomic mass is 10.2. The molecule has 1 aromatic heterocycles. The van der Waals surface area contributed by atoms with Gasteiger partial charge in [-0.1, -0.05) is 35.2 Å². The molecule has 100 valence electrons. The first kappa shape index (κ1) is 14.7. The zero-order valence-corrected chi connectivity index (χ0v) is 14.3. The number of nitrogens with zero attached hydrogens (tertiary/aromatic N) is 3. The Hall–Kier alpha value is -0.670. The number of thioether (sulfide) groups is 1. The number of benzene rings is 1. The Kier molecular flexibility index (Phi) is 5.17. The fourth-order valence-corrected chi connectivity index (χ4v) is 3.31. The van der Waals surface area contributed by atoms with E-state index < -0.39 is 0 Å². The number of Topliss-reactive ketones (excluding diaryl/α,β-unsaturated/α-hetero) is 1. The molecule has 0 amide bonds. The van der Waals surface area contributed by atoms with Crippen LogP contribution in [0.3, 0.4) is 0 Å². The van der Waals surface area contributed by atoms with Crippen LogP contribution in [0.15, 0.2) is 28.6 Å². The molecule has 2 rings (SSSR count). The summed E-state index contributed by atoms with van der Waals surface area (Å²) in [7, 11) is 3.84. The van der Waals surface area contributed by atoms with E-state index >= 15 is 0 Å². The van der Waals surface area contributed by atoms with Gasteiger partial charge in [0.25, 0.3) is 0 Å². The number of halogens is 1. The second-order valence-corrected chi connectivity index (χ2v) is 7.39. The van der Waals surface area contributed by atoms with Gasteiger partial charge in [0.05, 0.1) is 5.75 Å². The van der Waals surface area contributed by atoms with Crippen molar-refractivity contribution in [2.75, 3.05) is 24.7 Å². The van der Waals surface area contributed by atoms with Gasteiger partial charge in [-0.2, -0.15) is 0 Å². The van der Waals surface area contributed by atoms with Crippen molar-refractivity contribution >= 4 is 56.6 Å². The van der Waals surface area contributed by atoms with E-state index in [1.54, 1.807) is 0 Å². The van der Waals surface area contributed by atoms with Gasteiger partial charge < -0.3 is 4.90 Å². The van der Waals surface area contributed by atoms with Gasteiger partial charge in [-0.3, -0.25) is 4.79 Å². The number of anilines is 1. The van der Waals surface area contributed by atoms with E-state index in [0.29, 0.717) is 5.75 Å². The minimum absolute atomic E-state index is 0.114. The summed E-state index contributed by atoms with van der Waals surface area (Å²) in [6.45, 7) is 0. The number of aromatic nitrogens is 2. The van der Waals surface area contributed by atoms with Gasteiger partial charge in [-0.25, -0.2) is 0 Å². The van der Waals surface area contributed by atoms with Crippen LogP contribution in [0.2, 0.25) is 0 Å². The van der Waals surface area contributed by atoms with E-state index in [2.05, 4.69) is 32.8 Å². The second kappa shape index (κ2) is 6.67. The van der Waals surface area contributed by atoms with Crippen molar-refractivity contribution in [2.45, 2.75) is 4.34 Å². The molecule has 0 spiro atoms. The van der Waals surface area contributed by atoms with E-state index in [9.17, 15) is 4.79 Å². The van der Waals surface area contributed by atoms with Crippen LogP contribution in [-0.4, -0.2) is 35.8 Å². The van der Waals surface area contributed by atoms with Gasteiger partial charge in [-0.15, -0.1) is 10.2 Å². The molecule has 0 bridgehead atoms. The van der Waals surface area contributed by atoms with E-state index in [0.717, 1.165) is 18.6 Å². The maximum absolute atomic E-state index is 12.0. The molecule has 0 unspecified atom stereocenters. The van der Waals surface area contributed by atoms with Gasteiger partial charge in [-0.05, 0) is 34.7 Å². The third-order valence-corrected chi connectivity index (χ3v) is 5.21. The Morgan fingerprint density at radius 3 is 2.58 bits per heavy atom. The smallest absolute Gasteiger partial charge is 0.208 e. The molecule has 0 aliphatic rings. The first-order valence-corrected chi connectivity index (χ1v) is 8.37. The molecule has 2 aromatic rings. The number of carbonyl (C=O) groups excluding carboxylic acids is 1. The Labute approximate surface area is 133 Å². The average molecular weight is 405 g/mol. The highest BCUT2D eigenvalue weighted by atomic mass is 127. The van der Waals surface area contributed by atoms with E-state index in [-0.39, 0.29) is 5.78 Å². The average Bonchev–Trinajstić information content (AvgIpc) is 2.86. The monoisotopic (exact) mass is 405 g/mol. The zero-order valence-electron chi connectivity index (χ0n) is 10.5. The molecule has 0 fully saturated rings. The summed E-state index contributed by atoms with van der Waals surface area (Å²) in [4.78, 5) is 13.9. The van der Waals surface area contributed by atoms with Crippen molar-refractivity contribution in [2.24, 2.45) is 0 Å². The summed E-state index contributed by atoms with van der Waals surface area (Å²) >= 11 is 5.15. The van der Waals surface area contributed by atoms with Crippen LogP contribution < -0.4 is 4.90 Å². The summed E-state index contributed by atoms with van der Waals surface area (Å²) < 4.78 is 1.95. The normalized spacial score (nSPS) is 10.5. The molecule has 4 nitrogen and oxygen atoms in total. The fourth-order valence-electron chi connectivity index (χ4n) is 1.29. The van der Waals surface area contributed by atoms with Gasteiger partial charge in [0.15, 0.2) is 10.1 Å². The molecule has 0 N–H and O–H groups in total. The maximum atomic E-state index is 12.0. The highest BCUT2D eigenvalue weighted by molar-refractivity contribution is 14.1. The first-order chi connectivity index (χ1) is 9.06. The number of ketones is 1. The third kappa shape index (κ3) is 4.15. The van der Waals surface area contributed by atoms with Crippen LogP contribution in [0, 0.1) is 3.57 Å². The third-order valence-electron chi connectivity index (χ3n) is 2.27. The van der Waals surface area contributed by atoms with Crippen molar-refractivity contribution in [3.63, 3.8) is 0 Å². The lowest BCUT2D eigenvalue weighted by molar-refractivity contribution is 0.102. The van der Waals surface area contributed by atoms with Gasteiger partial charge in [0.2, 0.25) is 5.13 Å².